The predicted molar refractivity (Wildman–Crippen MR) is 73.0 cm³/mol. The van der Waals surface area contributed by atoms with E-state index in [1.807, 2.05) is 0 Å². The van der Waals surface area contributed by atoms with E-state index in [1.165, 1.54) is 19.2 Å². The largest absolute Gasteiger partial charge is 0.490 e. The van der Waals surface area contributed by atoms with Crippen LogP contribution in [0.4, 0.5) is 5.69 Å². The molecule has 0 aromatic heterocycles. The van der Waals surface area contributed by atoms with Crippen molar-refractivity contribution in [2.45, 2.75) is 25.3 Å². The fourth-order valence-electron chi connectivity index (χ4n) is 1.86. The van der Waals surface area contributed by atoms with E-state index in [1.54, 1.807) is 6.07 Å². The van der Waals surface area contributed by atoms with Crippen molar-refractivity contribution >= 4 is 11.7 Å². The average molecular weight is 294 g/mol. The van der Waals surface area contributed by atoms with Crippen LogP contribution in [0.15, 0.2) is 23.3 Å². The van der Waals surface area contributed by atoms with Gasteiger partial charge < -0.3 is 9.84 Å². The molecule has 0 heterocycles. The lowest BCUT2D eigenvalue weighted by Gasteiger charge is -2.11. The molecule has 21 heavy (non-hydrogen) atoms. The van der Waals surface area contributed by atoms with Gasteiger partial charge in [0.1, 0.15) is 0 Å². The molecule has 1 rings (SSSR count). The molecule has 0 radical (unpaired) electrons. The SMILES string of the molecule is COc1ccc(C(CCCC(=O)O)N=[N+]=[N-])cc1[N+](=O)[O-]. The van der Waals surface area contributed by atoms with Gasteiger partial charge >= 0.3 is 11.7 Å². The van der Waals surface area contributed by atoms with E-state index < -0.39 is 16.9 Å². The Labute approximate surface area is 119 Å². The maximum absolute atomic E-state index is 11.0. The van der Waals surface area contributed by atoms with Gasteiger partial charge in [-0.15, -0.1) is 0 Å². The molecule has 0 amide bonds. The number of carboxylic acids is 1. The molecule has 0 fully saturated rings. The number of carbonyl (C=O) groups is 1. The highest BCUT2D eigenvalue weighted by molar-refractivity contribution is 5.66. The number of nitro groups is 1. The van der Waals surface area contributed by atoms with Crippen LogP contribution in [0.3, 0.4) is 0 Å². The summed E-state index contributed by atoms with van der Waals surface area (Å²) in [7, 11) is 1.32. The summed E-state index contributed by atoms with van der Waals surface area (Å²) in [5.74, 6) is -0.843. The lowest BCUT2D eigenvalue weighted by Crippen LogP contribution is -2.01. The van der Waals surface area contributed by atoms with Crippen LogP contribution in [0.2, 0.25) is 0 Å². The smallest absolute Gasteiger partial charge is 0.311 e. The van der Waals surface area contributed by atoms with Crippen LogP contribution >= 0.6 is 0 Å². The standard InChI is InChI=1S/C12H14N4O5/c1-21-11-6-5-8(7-10(11)16(19)20)9(14-15-13)3-2-4-12(17)18/h5-7,9H,2-4H2,1H3,(H,17,18). The normalized spacial score (nSPS) is 11.3. The van der Waals surface area contributed by atoms with Gasteiger partial charge in [-0.1, -0.05) is 11.2 Å². The minimum Gasteiger partial charge on any atom is -0.490 e. The zero-order chi connectivity index (χ0) is 15.8. The highest BCUT2D eigenvalue weighted by Gasteiger charge is 2.19. The van der Waals surface area contributed by atoms with Crippen molar-refractivity contribution < 1.29 is 19.6 Å². The second-order valence-corrected chi connectivity index (χ2v) is 4.20. The number of hydrogen-bond acceptors (Lipinski definition) is 5. The van der Waals surface area contributed by atoms with Crippen LogP contribution < -0.4 is 4.74 Å². The van der Waals surface area contributed by atoms with Crippen molar-refractivity contribution in [3.8, 4) is 5.75 Å². The molecular formula is C12H14N4O5. The first-order valence-electron chi connectivity index (χ1n) is 6.08. The number of rotatable bonds is 8. The Morgan fingerprint density at radius 3 is 2.86 bits per heavy atom. The van der Waals surface area contributed by atoms with Gasteiger partial charge in [0.2, 0.25) is 0 Å². The predicted octanol–water partition coefficient (Wildman–Crippen LogP) is 3.21. The zero-order valence-electron chi connectivity index (χ0n) is 11.3. The first-order chi connectivity index (χ1) is 9.99. The summed E-state index contributed by atoms with van der Waals surface area (Å²) in [6.07, 6.45) is 0.536. The first-order valence-corrected chi connectivity index (χ1v) is 6.08. The Balaban J connectivity index is 3.02. The van der Waals surface area contributed by atoms with E-state index >= 15 is 0 Å². The van der Waals surface area contributed by atoms with E-state index in [4.69, 9.17) is 15.4 Å². The van der Waals surface area contributed by atoms with Crippen LogP contribution in [0.1, 0.15) is 30.9 Å². The number of ether oxygens (including phenoxy) is 1. The third kappa shape index (κ3) is 4.66. The van der Waals surface area contributed by atoms with Crippen molar-refractivity contribution in [2.75, 3.05) is 7.11 Å². The number of aliphatic carboxylic acids is 1. The molecule has 0 bridgehead atoms. The number of benzene rings is 1. The Bertz CT molecular complexity index is 583. The molecule has 9 nitrogen and oxygen atoms in total. The maximum Gasteiger partial charge on any atom is 0.311 e. The molecular weight excluding hydrogens is 280 g/mol. The molecule has 1 aromatic rings. The Hall–Kier alpha value is -2.80. The second-order valence-electron chi connectivity index (χ2n) is 4.20. The van der Waals surface area contributed by atoms with Gasteiger partial charge in [-0.2, -0.15) is 0 Å². The van der Waals surface area contributed by atoms with E-state index in [-0.39, 0.29) is 17.9 Å². The molecule has 9 heteroatoms. The fourth-order valence-corrected chi connectivity index (χ4v) is 1.86. The Morgan fingerprint density at radius 1 is 1.62 bits per heavy atom. The zero-order valence-corrected chi connectivity index (χ0v) is 11.3. The van der Waals surface area contributed by atoms with Crippen LogP contribution in [0.5, 0.6) is 5.75 Å². The summed E-state index contributed by atoms with van der Waals surface area (Å²) < 4.78 is 4.89. The van der Waals surface area contributed by atoms with E-state index in [2.05, 4.69) is 10.0 Å². The number of carboxylic acid groups (broad SMARTS) is 1. The summed E-state index contributed by atoms with van der Waals surface area (Å²) >= 11 is 0. The van der Waals surface area contributed by atoms with Crippen LogP contribution in [0, 0.1) is 10.1 Å². The molecule has 0 saturated carbocycles. The Kier molecular flexibility index (Phi) is 5.97. The quantitative estimate of drug-likeness (QED) is 0.258. The Morgan fingerprint density at radius 2 is 2.33 bits per heavy atom. The highest BCUT2D eigenvalue weighted by atomic mass is 16.6. The summed E-state index contributed by atoms with van der Waals surface area (Å²) in [5, 5.41) is 23.1. The van der Waals surface area contributed by atoms with Gasteiger partial charge in [-0.05, 0) is 30.0 Å². The van der Waals surface area contributed by atoms with Gasteiger partial charge in [0.15, 0.2) is 5.75 Å². The van der Waals surface area contributed by atoms with E-state index in [9.17, 15) is 14.9 Å². The number of hydrogen-bond donors (Lipinski definition) is 1. The summed E-state index contributed by atoms with van der Waals surface area (Å²) in [6.45, 7) is 0. The molecule has 1 aromatic carbocycles. The monoisotopic (exact) mass is 294 g/mol. The molecule has 0 aliphatic rings. The van der Waals surface area contributed by atoms with Gasteiger partial charge in [-0.3, -0.25) is 14.9 Å². The summed E-state index contributed by atoms with van der Waals surface area (Å²) in [6, 6.07) is 3.61. The molecule has 0 aliphatic heterocycles. The summed E-state index contributed by atoms with van der Waals surface area (Å²) in [5.41, 5.74) is 8.79. The van der Waals surface area contributed by atoms with Crippen LogP contribution in [0.25, 0.3) is 10.4 Å². The number of nitrogens with zero attached hydrogens (tertiary/aromatic N) is 4. The minimum absolute atomic E-state index is 0.0598. The third-order valence-electron chi connectivity index (χ3n) is 2.84. The molecule has 1 N–H and O–H groups in total. The van der Waals surface area contributed by atoms with Gasteiger partial charge in [0, 0.05) is 17.4 Å². The third-order valence-corrected chi connectivity index (χ3v) is 2.84. The van der Waals surface area contributed by atoms with Crippen molar-refractivity contribution in [1.29, 1.82) is 0 Å². The fraction of sp³-hybridized carbons (Fsp3) is 0.417. The average Bonchev–Trinajstić information content (AvgIpc) is 2.45. The van der Waals surface area contributed by atoms with Gasteiger partial charge in [0.25, 0.3) is 0 Å². The van der Waals surface area contributed by atoms with Crippen LogP contribution in [-0.2, 0) is 4.79 Å². The highest BCUT2D eigenvalue weighted by Crippen LogP contribution is 2.33. The molecule has 1 unspecified atom stereocenters. The van der Waals surface area contributed by atoms with E-state index in [0.717, 1.165) is 0 Å². The van der Waals surface area contributed by atoms with Gasteiger partial charge in [-0.25, -0.2) is 0 Å². The maximum atomic E-state index is 11.0. The first kappa shape index (κ1) is 16.3. The lowest BCUT2D eigenvalue weighted by atomic mass is 10.0. The second kappa shape index (κ2) is 7.71. The molecule has 0 spiro atoms. The summed E-state index contributed by atoms with van der Waals surface area (Å²) in [4.78, 5) is 23.6. The van der Waals surface area contributed by atoms with Crippen LogP contribution in [-0.4, -0.2) is 23.1 Å². The molecule has 0 aliphatic carbocycles. The lowest BCUT2D eigenvalue weighted by molar-refractivity contribution is -0.385. The van der Waals surface area contributed by atoms with Crippen molar-refractivity contribution in [2.24, 2.45) is 5.11 Å². The van der Waals surface area contributed by atoms with Crippen molar-refractivity contribution in [3.05, 3.63) is 44.3 Å². The van der Waals surface area contributed by atoms with Gasteiger partial charge in [0.05, 0.1) is 18.1 Å². The van der Waals surface area contributed by atoms with Crippen molar-refractivity contribution in [1.82, 2.24) is 0 Å². The number of methoxy groups -OCH3 is 1. The van der Waals surface area contributed by atoms with E-state index in [0.29, 0.717) is 18.4 Å². The van der Waals surface area contributed by atoms with Crippen molar-refractivity contribution in [3.63, 3.8) is 0 Å². The number of azide groups is 1. The minimum atomic E-state index is -0.949. The molecule has 0 saturated heterocycles. The topological polar surface area (TPSA) is 138 Å². The molecule has 1 atom stereocenters. The number of nitro benzene ring substituents is 1. The molecule has 112 valence electrons.